The van der Waals surface area contributed by atoms with Crippen molar-refractivity contribution in [2.75, 3.05) is 7.05 Å². The molecule has 0 aliphatic heterocycles. The SMILES string of the molecule is Cc1ccc(Br)cc1C(=O)N(C)C1CCC1. The standard InChI is InChI=1S/C13H16BrNO/c1-9-6-7-10(14)8-12(9)13(16)15(2)11-4-3-5-11/h6-8,11H,3-5H2,1-2H3. The van der Waals surface area contributed by atoms with Gasteiger partial charge in [-0.2, -0.15) is 0 Å². The molecule has 0 atom stereocenters. The van der Waals surface area contributed by atoms with E-state index in [0.717, 1.165) is 28.4 Å². The molecule has 1 aliphatic carbocycles. The van der Waals surface area contributed by atoms with Crippen LogP contribution >= 0.6 is 15.9 Å². The molecule has 2 rings (SSSR count). The summed E-state index contributed by atoms with van der Waals surface area (Å²) in [6, 6.07) is 6.31. The summed E-state index contributed by atoms with van der Waals surface area (Å²) in [4.78, 5) is 14.1. The number of rotatable bonds is 2. The van der Waals surface area contributed by atoms with Gasteiger partial charge in [-0.05, 0) is 43.9 Å². The maximum absolute atomic E-state index is 12.3. The van der Waals surface area contributed by atoms with Crippen molar-refractivity contribution in [2.45, 2.75) is 32.2 Å². The van der Waals surface area contributed by atoms with Crippen molar-refractivity contribution < 1.29 is 4.79 Å². The van der Waals surface area contributed by atoms with Crippen molar-refractivity contribution in [2.24, 2.45) is 0 Å². The molecule has 0 aromatic heterocycles. The number of nitrogens with zero attached hydrogens (tertiary/aromatic N) is 1. The van der Waals surface area contributed by atoms with Gasteiger partial charge in [-0.1, -0.05) is 22.0 Å². The fourth-order valence-corrected chi connectivity index (χ4v) is 2.32. The molecule has 1 aliphatic rings. The number of hydrogen-bond acceptors (Lipinski definition) is 1. The first kappa shape index (κ1) is 11.6. The molecule has 16 heavy (non-hydrogen) atoms. The number of benzene rings is 1. The van der Waals surface area contributed by atoms with Gasteiger partial charge in [-0.3, -0.25) is 4.79 Å². The molecular formula is C13H16BrNO. The Bertz CT molecular complexity index is 412. The summed E-state index contributed by atoms with van der Waals surface area (Å²) in [6.45, 7) is 1.98. The van der Waals surface area contributed by atoms with Gasteiger partial charge in [-0.15, -0.1) is 0 Å². The van der Waals surface area contributed by atoms with Crippen molar-refractivity contribution >= 4 is 21.8 Å². The van der Waals surface area contributed by atoms with Crippen LogP contribution in [-0.2, 0) is 0 Å². The van der Waals surface area contributed by atoms with E-state index in [2.05, 4.69) is 15.9 Å². The van der Waals surface area contributed by atoms with Crippen LogP contribution in [0.2, 0.25) is 0 Å². The van der Waals surface area contributed by atoms with Crippen molar-refractivity contribution in [3.05, 3.63) is 33.8 Å². The molecule has 0 bridgehead atoms. The minimum atomic E-state index is 0.142. The zero-order valence-electron chi connectivity index (χ0n) is 9.66. The molecule has 0 radical (unpaired) electrons. The number of hydrogen-bond donors (Lipinski definition) is 0. The molecule has 0 N–H and O–H groups in total. The fourth-order valence-electron chi connectivity index (χ4n) is 1.95. The second-order valence-corrected chi connectivity index (χ2v) is 5.38. The topological polar surface area (TPSA) is 20.3 Å². The first-order valence-electron chi connectivity index (χ1n) is 5.63. The normalized spacial score (nSPS) is 15.7. The van der Waals surface area contributed by atoms with Gasteiger partial charge < -0.3 is 4.90 Å². The fraction of sp³-hybridized carbons (Fsp3) is 0.462. The molecule has 1 saturated carbocycles. The summed E-state index contributed by atoms with van der Waals surface area (Å²) >= 11 is 3.41. The number of carbonyl (C=O) groups is 1. The van der Waals surface area contributed by atoms with Crippen LogP contribution in [0.25, 0.3) is 0 Å². The van der Waals surface area contributed by atoms with E-state index in [4.69, 9.17) is 0 Å². The van der Waals surface area contributed by atoms with E-state index in [0.29, 0.717) is 6.04 Å². The highest BCUT2D eigenvalue weighted by atomic mass is 79.9. The maximum Gasteiger partial charge on any atom is 0.254 e. The summed E-state index contributed by atoms with van der Waals surface area (Å²) in [5.41, 5.74) is 1.85. The average molecular weight is 282 g/mol. The van der Waals surface area contributed by atoms with Crippen LogP contribution in [0.4, 0.5) is 0 Å². The zero-order valence-corrected chi connectivity index (χ0v) is 11.3. The molecule has 1 aromatic carbocycles. The average Bonchev–Trinajstić information content (AvgIpc) is 2.18. The quantitative estimate of drug-likeness (QED) is 0.814. The summed E-state index contributed by atoms with van der Waals surface area (Å²) in [5.74, 6) is 0.142. The van der Waals surface area contributed by atoms with Crippen LogP contribution in [0.15, 0.2) is 22.7 Å². The van der Waals surface area contributed by atoms with Gasteiger partial charge in [0.25, 0.3) is 5.91 Å². The molecular weight excluding hydrogens is 266 g/mol. The Balaban J connectivity index is 2.22. The van der Waals surface area contributed by atoms with Gasteiger partial charge in [0.1, 0.15) is 0 Å². The highest BCUT2D eigenvalue weighted by Crippen LogP contribution is 2.26. The Morgan fingerprint density at radius 1 is 1.44 bits per heavy atom. The first-order valence-corrected chi connectivity index (χ1v) is 6.42. The van der Waals surface area contributed by atoms with Gasteiger partial charge in [0.05, 0.1) is 0 Å². The summed E-state index contributed by atoms with van der Waals surface area (Å²) < 4.78 is 0.962. The van der Waals surface area contributed by atoms with E-state index in [1.54, 1.807) is 0 Å². The molecule has 0 unspecified atom stereocenters. The molecule has 0 spiro atoms. The highest BCUT2D eigenvalue weighted by Gasteiger charge is 2.26. The van der Waals surface area contributed by atoms with Crippen LogP contribution in [0, 0.1) is 6.92 Å². The van der Waals surface area contributed by atoms with E-state index in [9.17, 15) is 4.79 Å². The molecule has 2 nitrogen and oxygen atoms in total. The van der Waals surface area contributed by atoms with Crippen molar-refractivity contribution in [1.29, 1.82) is 0 Å². The lowest BCUT2D eigenvalue weighted by Crippen LogP contribution is -2.41. The highest BCUT2D eigenvalue weighted by molar-refractivity contribution is 9.10. The van der Waals surface area contributed by atoms with Crippen molar-refractivity contribution in [3.63, 3.8) is 0 Å². The van der Waals surface area contributed by atoms with Crippen molar-refractivity contribution in [1.82, 2.24) is 4.90 Å². The van der Waals surface area contributed by atoms with E-state index >= 15 is 0 Å². The molecule has 1 amide bonds. The van der Waals surface area contributed by atoms with Gasteiger partial charge in [0, 0.05) is 23.1 Å². The van der Waals surface area contributed by atoms with E-state index in [1.807, 2.05) is 37.1 Å². The Labute approximate surface area is 105 Å². The number of amides is 1. The Hall–Kier alpha value is -0.830. The summed E-state index contributed by atoms with van der Waals surface area (Å²) in [6.07, 6.45) is 3.55. The van der Waals surface area contributed by atoms with Gasteiger partial charge in [0.2, 0.25) is 0 Å². The second-order valence-electron chi connectivity index (χ2n) is 4.46. The minimum Gasteiger partial charge on any atom is -0.339 e. The lowest BCUT2D eigenvalue weighted by molar-refractivity contribution is 0.0651. The van der Waals surface area contributed by atoms with Crippen molar-refractivity contribution in [3.8, 4) is 0 Å². The molecule has 3 heteroatoms. The summed E-state index contributed by atoms with van der Waals surface area (Å²) in [5, 5.41) is 0. The molecule has 1 fully saturated rings. The third-order valence-corrected chi connectivity index (χ3v) is 3.87. The predicted octanol–water partition coefficient (Wildman–Crippen LogP) is 3.38. The number of halogens is 1. The van der Waals surface area contributed by atoms with E-state index < -0.39 is 0 Å². The zero-order chi connectivity index (χ0) is 11.7. The molecule has 0 heterocycles. The van der Waals surface area contributed by atoms with Gasteiger partial charge in [-0.25, -0.2) is 0 Å². The Kier molecular flexibility index (Phi) is 3.33. The van der Waals surface area contributed by atoms with Crippen LogP contribution < -0.4 is 0 Å². The second kappa shape index (κ2) is 4.58. The lowest BCUT2D eigenvalue weighted by atomic mass is 9.91. The number of carbonyl (C=O) groups excluding carboxylic acids is 1. The molecule has 0 saturated heterocycles. The van der Waals surface area contributed by atoms with E-state index in [1.165, 1.54) is 6.42 Å². The molecule has 1 aromatic rings. The largest absolute Gasteiger partial charge is 0.339 e. The van der Waals surface area contributed by atoms with Gasteiger partial charge in [0.15, 0.2) is 0 Å². The lowest BCUT2D eigenvalue weighted by Gasteiger charge is -2.35. The predicted molar refractivity (Wildman–Crippen MR) is 68.6 cm³/mol. The van der Waals surface area contributed by atoms with Gasteiger partial charge >= 0.3 is 0 Å². The third kappa shape index (κ3) is 2.14. The smallest absolute Gasteiger partial charge is 0.254 e. The maximum atomic E-state index is 12.3. The van der Waals surface area contributed by atoms with Crippen LogP contribution in [0.1, 0.15) is 35.2 Å². The summed E-state index contributed by atoms with van der Waals surface area (Å²) in [7, 11) is 1.91. The van der Waals surface area contributed by atoms with Crippen LogP contribution in [0.3, 0.4) is 0 Å². The number of aryl methyl sites for hydroxylation is 1. The monoisotopic (exact) mass is 281 g/mol. The minimum absolute atomic E-state index is 0.142. The Morgan fingerprint density at radius 2 is 2.12 bits per heavy atom. The third-order valence-electron chi connectivity index (χ3n) is 3.37. The van der Waals surface area contributed by atoms with Crippen LogP contribution in [-0.4, -0.2) is 23.9 Å². The van der Waals surface area contributed by atoms with E-state index in [-0.39, 0.29) is 5.91 Å². The Morgan fingerprint density at radius 3 is 2.69 bits per heavy atom. The van der Waals surface area contributed by atoms with Crippen LogP contribution in [0.5, 0.6) is 0 Å². The first-order chi connectivity index (χ1) is 7.59. The molecule has 86 valence electrons.